The van der Waals surface area contributed by atoms with E-state index in [1.165, 1.54) is 11.3 Å². The Morgan fingerprint density at radius 2 is 1.90 bits per heavy atom. The van der Waals surface area contributed by atoms with Gasteiger partial charge in [-0.1, -0.05) is 35.5 Å². The second-order valence-electron chi connectivity index (χ2n) is 6.84. The van der Waals surface area contributed by atoms with Crippen LogP contribution in [0, 0.1) is 0 Å². The highest BCUT2D eigenvalue weighted by atomic mass is 32.1. The maximum atomic E-state index is 12.4. The summed E-state index contributed by atoms with van der Waals surface area (Å²) in [5.74, 6) is 0.420. The van der Waals surface area contributed by atoms with E-state index in [4.69, 9.17) is 4.52 Å². The standard InChI is InChI=1S/C21H22N4O3S/c26-20(18-14-19(28-23-18)16-4-2-1-3-5-16)22-7-8-24-9-11-25(12-10-24)21(27)17-6-13-29-15-17/h1-6,13-15H,7-12H2,(H,22,26). The van der Waals surface area contributed by atoms with Crippen molar-refractivity contribution in [3.05, 3.63) is 64.5 Å². The second kappa shape index (κ2) is 9.02. The van der Waals surface area contributed by atoms with Gasteiger partial charge in [0.2, 0.25) is 0 Å². The van der Waals surface area contributed by atoms with E-state index in [2.05, 4.69) is 15.4 Å². The molecular formula is C21H22N4O3S. The van der Waals surface area contributed by atoms with Gasteiger partial charge in [-0.2, -0.15) is 11.3 Å². The second-order valence-corrected chi connectivity index (χ2v) is 7.62. The molecule has 0 radical (unpaired) electrons. The SMILES string of the molecule is O=C(NCCN1CCN(C(=O)c2ccsc2)CC1)c1cc(-c2ccccc2)on1. The lowest BCUT2D eigenvalue weighted by atomic mass is 10.1. The van der Waals surface area contributed by atoms with Crippen LogP contribution < -0.4 is 5.32 Å². The fourth-order valence-electron chi connectivity index (χ4n) is 3.28. The largest absolute Gasteiger partial charge is 0.355 e. The Hall–Kier alpha value is -2.97. The number of hydrogen-bond donors (Lipinski definition) is 1. The Bertz CT molecular complexity index is 947. The monoisotopic (exact) mass is 410 g/mol. The zero-order valence-corrected chi connectivity index (χ0v) is 16.7. The summed E-state index contributed by atoms with van der Waals surface area (Å²) in [5, 5.41) is 10.6. The Morgan fingerprint density at radius 1 is 1.10 bits per heavy atom. The van der Waals surface area contributed by atoms with Gasteiger partial charge in [0.25, 0.3) is 11.8 Å². The molecule has 2 aromatic heterocycles. The molecule has 0 spiro atoms. The number of amides is 2. The van der Waals surface area contributed by atoms with Crippen LogP contribution in [0.25, 0.3) is 11.3 Å². The van der Waals surface area contributed by atoms with Crippen LogP contribution in [0.1, 0.15) is 20.8 Å². The quantitative estimate of drug-likeness (QED) is 0.676. The minimum atomic E-state index is -0.248. The topological polar surface area (TPSA) is 78.7 Å². The summed E-state index contributed by atoms with van der Waals surface area (Å²) in [6.45, 7) is 4.25. The molecular weight excluding hydrogens is 388 g/mol. The van der Waals surface area contributed by atoms with E-state index in [9.17, 15) is 9.59 Å². The summed E-state index contributed by atoms with van der Waals surface area (Å²) >= 11 is 1.53. The van der Waals surface area contributed by atoms with Crippen molar-refractivity contribution in [2.75, 3.05) is 39.3 Å². The lowest BCUT2D eigenvalue weighted by molar-refractivity contribution is 0.0638. The summed E-state index contributed by atoms with van der Waals surface area (Å²) < 4.78 is 5.27. The number of rotatable bonds is 6. The Kier molecular flexibility index (Phi) is 6.02. The first-order valence-corrected chi connectivity index (χ1v) is 10.5. The summed E-state index contributed by atoms with van der Waals surface area (Å²) in [6.07, 6.45) is 0. The van der Waals surface area contributed by atoms with Gasteiger partial charge in [-0.05, 0) is 11.4 Å². The molecule has 4 rings (SSSR count). The molecule has 0 unspecified atom stereocenters. The van der Waals surface area contributed by atoms with E-state index >= 15 is 0 Å². The van der Waals surface area contributed by atoms with E-state index in [0.717, 1.165) is 30.8 Å². The highest BCUT2D eigenvalue weighted by Crippen LogP contribution is 2.19. The van der Waals surface area contributed by atoms with Gasteiger partial charge in [-0.3, -0.25) is 14.5 Å². The molecule has 150 valence electrons. The average Bonchev–Trinajstić information content (AvgIpc) is 3.47. The van der Waals surface area contributed by atoms with Crippen LogP contribution in [0.3, 0.4) is 0 Å². The first kappa shape index (κ1) is 19.4. The van der Waals surface area contributed by atoms with E-state index in [1.54, 1.807) is 6.07 Å². The van der Waals surface area contributed by atoms with Crippen LogP contribution in [0.15, 0.2) is 57.7 Å². The molecule has 8 heteroatoms. The molecule has 0 aliphatic carbocycles. The van der Waals surface area contributed by atoms with Crippen molar-refractivity contribution >= 4 is 23.2 Å². The van der Waals surface area contributed by atoms with Gasteiger partial charge >= 0.3 is 0 Å². The van der Waals surface area contributed by atoms with Crippen molar-refractivity contribution in [2.24, 2.45) is 0 Å². The van der Waals surface area contributed by atoms with Gasteiger partial charge in [0.05, 0.1) is 5.56 Å². The molecule has 1 fully saturated rings. The molecule has 7 nitrogen and oxygen atoms in total. The maximum Gasteiger partial charge on any atom is 0.273 e. The number of carbonyl (C=O) groups is 2. The number of piperazine rings is 1. The number of nitrogens with zero attached hydrogens (tertiary/aromatic N) is 3. The Labute approximate surface area is 172 Å². The van der Waals surface area contributed by atoms with Gasteiger partial charge in [0.15, 0.2) is 11.5 Å². The molecule has 1 saturated heterocycles. The molecule has 3 heterocycles. The van der Waals surface area contributed by atoms with Crippen LogP contribution in [0.5, 0.6) is 0 Å². The van der Waals surface area contributed by atoms with Gasteiger partial charge in [0.1, 0.15) is 0 Å². The molecule has 0 saturated carbocycles. The van der Waals surface area contributed by atoms with E-state index in [-0.39, 0.29) is 17.5 Å². The number of thiophene rings is 1. The van der Waals surface area contributed by atoms with Crippen molar-refractivity contribution in [1.29, 1.82) is 0 Å². The minimum Gasteiger partial charge on any atom is -0.355 e. The highest BCUT2D eigenvalue weighted by Gasteiger charge is 2.22. The van der Waals surface area contributed by atoms with Gasteiger partial charge in [-0.15, -0.1) is 0 Å². The zero-order chi connectivity index (χ0) is 20.1. The third-order valence-corrected chi connectivity index (χ3v) is 5.63. The number of hydrogen-bond acceptors (Lipinski definition) is 6. The number of benzene rings is 1. The predicted molar refractivity (Wildman–Crippen MR) is 111 cm³/mol. The van der Waals surface area contributed by atoms with Gasteiger partial charge < -0.3 is 14.7 Å². The number of carbonyl (C=O) groups excluding carboxylic acids is 2. The molecule has 1 aliphatic rings. The first-order chi connectivity index (χ1) is 14.2. The Morgan fingerprint density at radius 3 is 2.62 bits per heavy atom. The molecule has 1 aromatic carbocycles. The van der Waals surface area contributed by atoms with Crippen molar-refractivity contribution < 1.29 is 14.1 Å². The van der Waals surface area contributed by atoms with Gasteiger partial charge in [0, 0.05) is 56.3 Å². The van der Waals surface area contributed by atoms with Gasteiger partial charge in [-0.25, -0.2) is 0 Å². The third kappa shape index (κ3) is 4.72. The average molecular weight is 410 g/mol. The first-order valence-electron chi connectivity index (χ1n) is 9.55. The van der Waals surface area contributed by atoms with E-state index < -0.39 is 0 Å². The smallest absolute Gasteiger partial charge is 0.273 e. The van der Waals surface area contributed by atoms with Crippen molar-refractivity contribution in [3.63, 3.8) is 0 Å². The molecule has 29 heavy (non-hydrogen) atoms. The summed E-state index contributed by atoms with van der Waals surface area (Å²) in [6, 6.07) is 13.1. The minimum absolute atomic E-state index is 0.0967. The van der Waals surface area contributed by atoms with Crippen molar-refractivity contribution in [1.82, 2.24) is 20.3 Å². The van der Waals surface area contributed by atoms with E-state index in [0.29, 0.717) is 25.4 Å². The summed E-state index contributed by atoms with van der Waals surface area (Å²) in [5.41, 5.74) is 1.92. The maximum absolute atomic E-state index is 12.4. The van der Waals surface area contributed by atoms with Crippen LogP contribution in [-0.2, 0) is 0 Å². The number of nitrogens with one attached hydrogen (secondary N) is 1. The fourth-order valence-corrected chi connectivity index (χ4v) is 3.91. The van der Waals surface area contributed by atoms with E-state index in [1.807, 2.05) is 52.1 Å². The lowest BCUT2D eigenvalue weighted by Crippen LogP contribution is -2.50. The Balaban J connectivity index is 1.21. The normalized spacial score (nSPS) is 14.7. The molecule has 0 atom stereocenters. The van der Waals surface area contributed by atoms with Crippen LogP contribution in [-0.4, -0.2) is 66.0 Å². The fraction of sp³-hybridized carbons (Fsp3) is 0.286. The van der Waals surface area contributed by atoms with Crippen LogP contribution >= 0.6 is 11.3 Å². The summed E-state index contributed by atoms with van der Waals surface area (Å²) in [7, 11) is 0. The van der Waals surface area contributed by atoms with Crippen molar-refractivity contribution in [3.8, 4) is 11.3 Å². The molecule has 3 aromatic rings. The summed E-state index contributed by atoms with van der Waals surface area (Å²) in [4.78, 5) is 28.8. The van der Waals surface area contributed by atoms with Crippen molar-refractivity contribution in [2.45, 2.75) is 0 Å². The predicted octanol–water partition coefficient (Wildman–Crippen LogP) is 2.59. The number of aromatic nitrogens is 1. The van der Waals surface area contributed by atoms with Crippen LogP contribution in [0.2, 0.25) is 0 Å². The molecule has 2 amide bonds. The molecule has 0 bridgehead atoms. The molecule has 1 N–H and O–H groups in total. The van der Waals surface area contributed by atoms with Crippen LogP contribution in [0.4, 0.5) is 0 Å². The third-order valence-electron chi connectivity index (χ3n) is 4.94. The zero-order valence-electron chi connectivity index (χ0n) is 15.9. The highest BCUT2D eigenvalue weighted by molar-refractivity contribution is 7.08. The lowest BCUT2D eigenvalue weighted by Gasteiger charge is -2.34. The molecule has 1 aliphatic heterocycles.